The first-order chi connectivity index (χ1) is 14.4. The number of rotatable bonds is 4. The van der Waals surface area contributed by atoms with Crippen LogP contribution in [0.15, 0.2) is 42.5 Å². The summed E-state index contributed by atoms with van der Waals surface area (Å²) in [5.74, 6) is -1.15. The number of amides is 3. The molecule has 0 atom stereocenters. The van der Waals surface area contributed by atoms with Gasteiger partial charge in [0, 0.05) is 25.5 Å². The summed E-state index contributed by atoms with van der Waals surface area (Å²) < 4.78 is 26.2. The van der Waals surface area contributed by atoms with E-state index in [1.54, 1.807) is 26.2 Å². The minimum atomic E-state index is -0.705. The zero-order valence-electron chi connectivity index (χ0n) is 18.6. The Hall–Kier alpha value is -2.91. The van der Waals surface area contributed by atoms with Crippen molar-refractivity contribution in [3.63, 3.8) is 0 Å². The summed E-state index contributed by atoms with van der Waals surface area (Å²) in [5, 5.41) is 5.24. The van der Waals surface area contributed by atoms with Gasteiger partial charge in [0.1, 0.15) is 5.82 Å². The Kier molecular flexibility index (Phi) is 6.11. The lowest BCUT2D eigenvalue weighted by molar-refractivity contribution is 0.00578. The molecule has 3 rings (SSSR count). The Labute approximate surface area is 182 Å². The van der Waals surface area contributed by atoms with Crippen molar-refractivity contribution in [2.45, 2.75) is 38.9 Å². The fraction of sp³-hybridized carbons (Fsp3) is 0.364. The molecular weight excluding hydrogens is 400 g/mol. The molecule has 31 heavy (non-hydrogen) atoms. The topological polar surface area (TPSA) is 79.9 Å². The third kappa shape index (κ3) is 4.89. The molecular formula is C22H27BFN3O4. The maximum atomic E-state index is 14.2. The molecule has 0 bridgehead atoms. The lowest BCUT2D eigenvalue weighted by Crippen LogP contribution is -2.41. The van der Waals surface area contributed by atoms with Crippen LogP contribution in [0, 0.1) is 5.82 Å². The summed E-state index contributed by atoms with van der Waals surface area (Å²) in [6.07, 6.45) is 0. The molecule has 1 saturated heterocycles. The maximum Gasteiger partial charge on any atom is 0.494 e. The minimum absolute atomic E-state index is 0.0609. The van der Waals surface area contributed by atoms with E-state index in [0.717, 1.165) is 11.5 Å². The summed E-state index contributed by atoms with van der Waals surface area (Å²) >= 11 is 0. The Morgan fingerprint density at radius 2 is 1.42 bits per heavy atom. The number of anilines is 2. The summed E-state index contributed by atoms with van der Waals surface area (Å²) in [4.78, 5) is 25.4. The van der Waals surface area contributed by atoms with E-state index in [1.807, 2.05) is 39.8 Å². The predicted molar refractivity (Wildman–Crippen MR) is 119 cm³/mol. The standard InChI is InChI=1S/C22H27BFN3O4/c1-21(2)22(3,4)31-23(30-21)14-7-9-15(10-8-14)25-20(29)26-16-11-12-17(18(24)13-16)19(28)27(5)6/h7-13H,1-6H3,(H2,25,26,29). The summed E-state index contributed by atoms with van der Waals surface area (Å²) in [5.41, 5.74) is 0.700. The number of hydrogen-bond acceptors (Lipinski definition) is 4. The van der Waals surface area contributed by atoms with Crippen LogP contribution in [-0.4, -0.2) is 49.3 Å². The van der Waals surface area contributed by atoms with Crippen molar-refractivity contribution in [1.29, 1.82) is 0 Å². The van der Waals surface area contributed by atoms with Gasteiger partial charge in [0.25, 0.3) is 5.91 Å². The summed E-state index contributed by atoms with van der Waals surface area (Å²) in [6.45, 7) is 7.94. The van der Waals surface area contributed by atoms with Gasteiger partial charge in [0.05, 0.1) is 16.8 Å². The van der Waals surface area contributed by atoms with Gasteiger partial charge in [-0.15, -0.1) is 0 Å². The molecule has 0 aliphatic carbocycles. The van der Waals surface area contributed by atoms with Crippen molar-refractivity contribution in [3.05, 3.63) is 53.8 Å². The normalized spacial score (nSPS) is 16.7. The number of halogens is 1. The van der Waals surface area contributed by atoms with E-state index in [4.69, 9.17) is 9.31 Å². The third-order valence-corrected chi connectivity index (χ3v) is 5.56. The highest BCUT2D eigenvalue weighted by Gasteiger charge is 2.51. The molecule has 164 valence electrons. The number of benzene rings is 2. The number of urea groups is 1. The quantitative estimate of drug-likeness (QED) is 0.733. The van der Waals surface area contributed by atoms with Gasteiger partial charge in [-0.1, -0.05) is 12.1 Å². The van der Waals surface area contributed by atoms with Crippen LogP contribution < -0.4 is 16.1 Å². The molecule has 1 heterocycles. The van der Waals surface area contributed by atoms with Gasteiger partial charge in [0.2, 0.25) is 0 Å². The Morgan fingerprint density at radius 3 is 1.94 bits per heavy atom. The molecule has 9 heteroatoms. The van der Waals surface area contributed by atoms with Crippen LogP contribution in [0.25, 0.3) is 0 Å². The molecule has 2 aromatic rings. The smallest absolute Gasteiger partial charge is 0.399 e. The molecule has 1 aliphatic rings. The van der Waals surface area contributed by atoms with Gasteiger partial charge >= 0.3 is 13.1 Å². The zero-order valence-corrected chi connectivity index (χ0v) is 18.6. The van der Waals surface area contributed by atoms with E-state index < -0.39 is 36.1 Å². The molecule has 0 radical (unpaired) electrons. The lowest BCUT2D eigenvalue weighted by Gasteiger charge is -2.32. The molecule has 0 spiro atoms. The van der Waals surface area contributed by atoms with Gasteiger partial charge in [-0.3, -0.25) is 4.79 Å². The van der Waals surface area contributed by atoms with Gasteiger partial charge in [-0.2, -0.15) is 0 Å². The van der Waals surface area contributed by atoms with Crippen LogP contribution in [0.5, 0.6) is 0 Å². The van der Waals surface area contributed by atoms with Crippen LogP contribution in [0.1, 0.15) is 38.1 Å². The Bertz CT molecular complexity index is 977. The van der Waals surface area contributed by atoms with Crippen LogP contribution in [0.2, 0.25) is 0 Å². The molecule has 0 saturated carbocycles. The van der Waals surface area contributed by atoms with Crippen molar-refractivity contribution in [2.24, 2.45) is 0 Å². The minimum Gasteiger partial charge on any atom is -0.399 e. The van der Waals surface area contributed by atoms with E-state index in [-0.39, 0.29) is 11.3 Å². The fourth-order valence-electron chi connectivity index (χ4n) is 3.00. The predicted octanol–water partition coefficient (Wildman–Crippen LogP) is 3.47. The van der Waals surface area contributed by atoms with Gasteiger partial charge in [-0.05, 0) is 63.5 Å². The maximum absolute atomic E-state index is 14.2. The number of nitrogens with one attached hydrogen (secondary N) is 2. The molecule has 1 fully saturated rings. The highest BCUT2D eigenvalue weighted by atomic mass is 19.1. The first-order valence-corrected chi connectivity index (χ1v) is 9.94. The largest absolute Gasteiger partial charge is 0.494 e. The van der Waals surface area contributed by atoms with Crippen LogP contribution in [0.3, 0.4) is 0 Å². The first kappa shape index (κ1) is 22.8. The zero-order chi connectivity index (χ0) is 23.0. The second kappa shape index (κ2) is 8.32. The molecule has 2 N–H and O–H groups in total. The third-order valence-electron chi connectivity index (χ3n) is 5.56. The highest BCUT2D eigenvalue weighted by molar-refractivity contribution is 6.62. The SMILES string of the molecule is CN(C)C(=O)c1ccc(NC(=O)Nc2ccc(B3OC(C)(C)C(C)(C)O3)cc2)cc1F. The number of carbonyl (C=O) groups is 2. The Morgan fingerprint density at radius 1 is 0.903 bits per heavy atom. The van der Waals surface area contributed by atoms with E-state index >= 15 is 0 Å². The van der Waals surface area contributed by atoms with Crippen molar-refractivity contribution < 1.29 is 23.3 Å². The van der Waals surface area contributed by atoms with Gasteiger partial charge in [0.15, 0.2) is 0 Å². The molecule has 1 aliphatic heterocycles. The van der Waals surface area contributed by atoms with E-state index in [2.05, 4.69) is 10.6 Å². The van der Waals surface area contributed by atoms with Crippen molar-refractivity contribution >= 4 is 35.9 Å². The number of carbonyl (C=O) groups excluding carboxylic acids is 2. The van der Waals surface area contributed by atoms with E-state index in [0.29, 0.717) is 5.69 Å². The molecule has 0 unspecified atom stereocenters. The molecule has 7 nitrogen and oxygen atoms in total. The number of nitrogens with zero attached hydrogens (tertiary/aromatic N) is 1. The van der Waals surface area contributed by atoms with Crippen molar-refractivity contribution in [2.75, 3.05) is 24.7 Å². The van der Waals surface area contributed by atoms with E-state index in [1.165, 1.54) is 17.0 Å². The van der Waals surface area contributed by atoms with Crippen molar-refractivity contribution in [3.8, 4) is 0 Å². The Balaban J connectivity index is 1.62. The monoisotopic (exact) mass is 427 g/mol. The highest BCUT2D eigenvalue weighted by Crippen LogP contribution is 2.36. The summed E-state index contributed by atoms with van der Waals surface area (Å²) in [6, 6.07) is 10.5. The van der Waals surface area contributed by atoms with Gasteiger partial charge < -0.3 is 24.8 Å². The molecule has 0 aromatic heterocycles. The fourth-order valence-corrected chi connectivity index (χ4v) is 3.00. The van der Waals surface area contributed by atoms with E-state index in [9.17, 15) is 14.0 Å². The van der Waals surface area contributed by atoms with Crippen molar-refractivity contribution in [1.82, 2.24) is 4.90 Å². The van der Waals surface area contributed by atoms with Crippen LogP contribution in [0.4, 0.5) is 20.6 Å². The first-order valence-electron chi connectivity index (χ1n) is 9.94. The molecule has 3 amide bonds. The van der Waals surface area contributed by atoms with Gasteiger partial charge in [-0.25, -0.2) is 9.18 Å². The van der Waals surface area contributed by atoms with Crippen LogP contribution in [-0.2, 0) is 9.31 Å². The number of hydrogen-bond donors (Lipinski definition) is 2. The van der Waals surface area contributed by atoms with Crippen LogP contribution >= 0.6 is 0 Å². The summed E-state index contributed by atoms with van der Waals surface area (Å²) in [7, 11) is 2.60. The second-order valence-corrected chi connectivity index (χ2v) is 8.68. The second-order valence-electron chi connectivity index (χ2n) is 8.68. The average molecular weight is 427 g/mol. The average Bonchev–Trinajstić information content (AvgIpc) is 2.89. The molecule has 2 aromatic carbocycles. The lowest BCUT2D eigenvalue weighted by atomic mass is 9.79.